The summed E-state index contributed by atoms with van der Waals surface area (Å²) < 4.78 is 59.9. The standard InChI is InChI=1S/C11H19N3O6.C10H17N3O5.C9H15N3O5.C8H13N3O5.10CH4/c1-3-13-10(15)19-5-4-17-6-9(2)20-11(16)14-8-18-7-12;1-2-12-9(14)17-5-3-4-6-18-10(15)13-8-16-7-11;1-3-11-8(13)16-4-7(2)17-9(14)12-6-15-5-10;1-2-10-7(12)15-3-4-16-8(13)11-6-14-5-9;;;;;;;;;;/h9H,3-6,8H2,1-2H3,(H,13,15)(H,14,16);2-6,8H2,1H3,(H,12,14)(H,13,15);7H,3-4,6H2,1-2H3,(H,11,13)(H,12,14);2-4,6H2,1H3,(H,10,12)(H,11,13);10*1H4. The van der Waals surface area contributed by atoms with Crippen molar-refractivity contribution in [1.82, 2.24) is 42.5 Å². The molecule has 482 valence electrons. The van der Waals surface area contributed by atoms with Crippen molar-refractivity contribution >= 4 is 48.7 Å². The van der Waals surface area contributed by atoms with Crippen LogP contribution in [0.5, 0.6) is 0 Å². The molecule has 0 aromatic rings. The van der Waals surface area contributed by atoms with Crippen LogP contribution in [0.2, 0.25) is 0 Å². The minimum atomic E-state index is -0.757. The number of amides is 8. The van der Waals surface area contributed by atoms with E-state index in [1.807, 2.05) is 0 Å². The molecule has 2 atom stereocenters. The summed E-state index contributed by atoms with van der Waals surface area (Å²) in [7, 11) is 0. The number of hydrogen-bond donors (Lipinski definition) is 8. The summed E-state index contributed by atoms with van der Waals surface area (Å²) in [6.45, 7) is 12.0. The first-order valence-electron chi connectivity index (χ1n) is 21.0. The molecule has 0 spiro atoms. The van der Waals surface area contributed by atoms with E-state index in [0.717, 1.165) is 0 Å². The molecule has 0 radical (unpaired) electrons. The molecule has 0 aromatic heterocycles. The summed E-state index contributed by atoms with van der Waals surface area (Å²) in [5, 5.41) is 50.6. The van der Waals surface area contributed by atoms with Gasteiger partial charge in [-0.05, 0) is 54.4 Å². The third kappa shape index (κ3) is 94.2. The summed E-state index contributed by atoms with van der Waals surface area (Å²) in [6, 6.07) is 0. The fourth-order valence-corrected chi connectivity index (χ4v) is 3.35. The highest BCUT2D eigenvalue weighted by molar-refractivity contribution is 5.69. The number of carbonyl (C=O) groups excluding carboxylic acids is 8. The van der Waals surface area contributed by atoms with Crippen LogP contribution in [0.4, 0.5) is 38.4 Å². The molecule has 0 rings (SSSR count). The minimum absolute atomic E-state index is 0. The van der Waals surface area contributed by atoms with Gasteiger partial charge in [0.2, 0.25) is 0 Å². The number of ether oxygens (including phenoxy) is 13. The number of alkyl carbamates (subject to hydrolysis) is 8. The second-order valence-corrected chi connectivity index (χ2v) is 11.8. The van der Waals surface area contributed by atoms with Crippen LogP contribution in [0.1, 0.15) is 129 Å². The van der Waals surface area contributed by atoms with Crippen LogP contribution in [0, 0.1) is 46.1 Å². The van der Waals surface area contributed by atoms with Gasteiger partial charge in [-0.15, -0.1) is 0 Å². The van der Waals surface area contributed by atoms with Crippen LogP contribution in [-0.2, 0) is 61.6 Å². The SMILES string of the molecule is C.C.C.C.C.C.C.C.C.C.CCNC(=O)OCC(C)OC(=O)NCOC#N.CCNC(=O)OCCCCOC(=O)NCOC#N.CCNC(=O)OCCOC(=O)NCOC#N.CCNC(=O)OCCOCC(C)OC(=O)NCOC#N. The van der Waals surface area contributed by atoms with Crippen molar-refractivity contribution in [3.8, 4) is 25.0 Å². The molecule has 0 aliphatic heterocycles. The van der Waals surface area contributed by atoms with Crippen molar-refractivity contribution in [2.24, 2.45) is 0 Å². The highest BCUT2D eigenvalue weighted by Crippen LogP contribution is 1.96. The van der Waals surface area contributed by atoms with Gasteiger partial charge in [-0.3, -0.25) is 21.3 Å². The van der Waals surface area contributed by atoms with E-state index >= 15 is 0 Å². The largest absolute Gasteiger partial charge is 0.450 e. The Hall–Kier alpha value is -8.72. The van der Waals surface area contributed by atoms with Crippen LogP contribution < -0.4 is 42.5 Å². The average Bonchev–Trinajstić information content (AvgIpc) is 3.32. The Bertz CT molecular complexity index is 1650. The molecule has 33 nitrogen and oxygen atoms in total. The number of nitrogens with one attached hydrogen (secondary N) is 8. The highest BCUT2D eigenvalue weighted by Gasteiger charge is 2.12. The maximum Gasteiger partial charge on any atom is 0.410 e. The number of hydrogen-bond acceptors (Lipinski definition) is 25. The van der Waals surface area contributed by atoms with Gasteiger partial charge < -0.3 is 82.8 Å². The Balaban J connectivity index is -0.0000000593. The first-order chi connectivity index (χ1) is 34.1. The molecule has 8 N–H and O–H groups in total. The monoisotopic (exact) mass is 1180 g/mol. The number of nitriles is 4. The van der Waals surface area contributed by atoms with E-state index < -0.39 is 61.0 Å². The topological polar surface area (TPSA) is 448 Å². The average molecular weight is 1190 g/mol. The van der Waals surface area contributed by atoms with Crippen molar-refractivity contribution in [2.75, 3.05) is 106 Å². The number of nitrogens with zero attached hydrogens (tertiary/aromatic N) is 4. The van der Waals surface area contributed by atoms with E-state index in [1.54, 1.807) is 41.5 Å². The maximum absolute atomic E-state index is 11.1. The zero-order chi connectivity index (χ0) is 54.2. The summed E-state index contributed by atoms with van der Waals surface area (Å²) in [5.74, 6) is 0. The molecule has 0 bridgehead atoms. The van der Waals surface area contributed by atoms with Crippen LogP contribution in [-0.4, -0.2) is 167 Å². The molecule has 0 fully saturated rings. The first kappa shape index (κ1) is 108. The fraction of sp³-hybridized carbons (Fsp3) is 0.750. The Morgan fingerprint density at radius 2 is 0.568 bits per heavy atom. The molecular formula is C48H104N12O21. The molecule has 8 amide bonds. The summed E-state index contributed by atoms with van der Waals surface area (Å²) in [5.41, 5.74) is 0. The number of carbonyl (C=O) groups is 8. The lowest BCUT2D eigenvalue weighted by Gasteiger charge is -2.13. The van der Waals surface area contributed by atoms with Crippen molar-refractivity contribution in [3.05, 3.63) is 0 Å². The summed E-state index contributed by atoms with van der Waals surface area (Å²) in [6.07, 6.45) is 0.666. The maximum atomic E-state index is 11.1. The van der Waals surface area contributed by atoms with Gasteiger partial charge in [0.1, 0.15) is 38.6 Å². The van der Waals surface area contributed by atoms with E-state index in [0.29, 0.717) is 39.0 Å². The molecule has 0 aromatic carbocycles. The fourth-order valence-electron chi connectivity index (χ4n) is 3.35. The Morgan fingerprint density at radius 1 is 0.333 bits per heavy atom. The van der Waals surface area contributed by atoms with Gasteiger partial charge in [-0.25, -0.2) is 38.4 Å². The zero-order valence-corrected chi connectivity index (χ0v) is 40.2. The number of rotatable bonds is 29. The lowest BCUT2D eigenvalue weighted by atomic mass is 10.3. The molecule has 0 saturated carbocycles. The molecule has 81 heavy (non-hydrogen) atoms. The molecule has 33 heteroatoms. The molecule has 2 unspecified atom stereocenters. The summed E-state index contributed by atoms with van der Waals surface area (Å²) >= 11 is 0. The second kappa shape index (κ2) is 85.2. The minimum Gasteiger partial charge on any atom is -0.450 e. The van der Waals surface area contributed by atoms with Crippen molar-refractivity contribution in [1.29, 1.82) is 21.0 Å². The third-order valence-corrected chi connectivity index (χ3v) is 6.13. The molecular weight excluding hydrogens is 1080 g/mol. The third-order valence-electron chi connectivity index (χ3n) is 6.13. The van der Waals surface area contributed by atoms with Gasteiger partial charge in [0, 0.05) is 26.2 Å². The van der Waals surface area contributed by atoms with Crippen molar-refractivity contribution < 1.29 is 99.9 Å². The normalized spacial score (nSPS) is 8.57. The van der Waals surface area contributed by atoms with Crippen molar-refractivity contribution in [3.63, 3.8) is 0 Å². The van der Waals surface area contributed by atoms with Gasteiger partial charge in [-0.2, -0.15) is 21.0 Å². The highest BCUT2D eigenvalue weighted by atomic mass is 16.6. The van der Waals surface area contributed by atoms with E-state index in [9.17, 15) is 38.4 Å². The smallest absolute Gasteiger partial charge is 0.410 e. The number of unbranched alkanes of at least 4 members (excludes halogenated alkanes) is 1. The van der Waals surface area contributed by atoms with E-state index in [1.165, 1.54) is 25.0 Å². The van der Waals surface area contributed by atoms with Crippen molar-refractivity contribution in [2.45, 2.75) is 141 Å². The van der Waals surface area contributed by atoms with Crippen LogP contribution in [0.25, 0.3) is 0 Å². The zero-order valence-electron chi connectivity index (χ0n) is 40.2. The van der Waals surface area contributed by atoms with E-state index in [2.05, 4.69) is 71.0 Å². The van der Waals surface area contributed by atoms with Gasteiger partial charge >= 0.3 is 48.7 Å². The second-order valence-electron chi connectivity index (χ2n) is 11.8. The van der Waals surface area contributed by atoms with Gasteiger partial charge in [0.05, 0.1) is 26.4 Å². The predicted octanol–water partition coefficient (Wildman–Crippen LogP) is 7.59. The van der Waals surface area contributed by atoms with Gasteiger partial charge in [0.25, 0.3) is 25.0 Å². The van der Waals surface area contributed by atoms with Crippen LogP contribution in [0.3, 0.4) is 0 Å². The van der Waals surface area contributed by atoms with E-state index in [-0.39, 0.29) is 154 Å². The molecule has 0 aliphatic carbocycles. The Kier molecular flexibility index (Phi) is 114. The summed E-state index contributed by atoms with van der Waals surface area (Å²) in [4.78, 5) is 87.3. The van der Waals surface area contributed by atoms with Gasteiger partial charge in [-0.1, -0.05) is 74.3 Å². The Morgan fingerprint density at radius 3 is 0.852 bits per heavy atom. The lowest BCUT2D eigenvalue weighted by molar-refractivity contribution is 0.0114. The van der Waals surface area contributed by atoms with Crippen LogP contribution >= 0.6 is 0 Å². The Labute approximate surface area is 483 Å². The lowest BCUT2D eigenvalue weighted by Crippen LogP contribution is -2.33. The van der Waals surface area contributed by atoms with Gasteiger partial charge in [0.15, 0.2) is 26.9 Å². The predicted molar refractivity (Wildman–Crippen MR) is 301 cm³/mol. The molecule has 0 heterocycles. The molecule has 0 aliphatic rings. The molecule has 0 saturated heterocycles. The quantitative estimate of drug-likeness (QED) is 0.0155. The first-order valence-corrected chi connectivity index (χ1v) is 21.0. The van der Waals surface area contributed by atoms with Crippen LogP contribution in [0.15, 0.2) is 0 Å². The van der Waals surface area contributed by atoms with E-state index in [4.69, 9.17) is 54.2 Å².